The highest BCUT2D eigenvalue weighted by Gasteiger charge is 2.40. The highest BCUT2D eigenvalue weighted by Crippen LogP contribution is 2.30. The summed E-state index contributed by atoms with van der Waals surface area (Å²) in [5.41, 5.74) is 1.89. The van der Waals surface area contributed by atoms with E-state index in [0.717, 1.165) is 36.2 Å². The van der Waals surface area contributed by atoms with Crippen LogP contribution in [0.3, 0.4) is 0 Å². The van der Waals surface area contributed by atoms with E-state index >= 15 is 0 Å². The van der Waals surface area contributed by atoms with Crippen LogP contribution in [0.15, 0.2) is 53.4 Å². The van der Waals surface area contributed by atoms with Crippen LogP contribution in [-0.4, -0.2) is 69.2 Å². The second-order valence-electron chi connectivity index (χ2n) is 7.51. The maximum Gasteiger partial charge on any atom is 0.269 e. The Hall–Kier alpha value is -2.91. The SMILES string of the molecule is CN1CCN(c2ccc(NC(=O)CCN3C(=O)c4ccccc4S3(=O)=O)cc2)CC1. The number of likely N-dealkylation sites (N-methyl/N-ethyl adjacent to an activating group) is 1. The van der Waals surface area contributed by atoms with Crippen molar-refractivity contribution in [2.75, 3.05) is 50.0 Å². The Morgan fingerprint density at radius 2 is 1.67 bits per heavy atom. The van der Waals surface area contributed by atoms with Gasteiger partial charge in [0.05, 0.1) is 5.56 Å². The normalized spacial score (nSPS) is 18.4. The number of benzene rings is 2. The molecule has 1 saturated heterocycles. The van der Waals surface area contributed by atoms with Gasteiger partial charge in [0, 0.05) is 50.5 Å². The number of piperazine rings is 1. The Labute approximate surface area is 176 Å². The van der Waals surface area contributed by atoms with Crippen LogP contribution >= 0.6 is 0 Å². The van der Waals surface area contributed by atoms with Crippen LogP contribution in [0.4, 0.5) is 11.4 Å². The van der Waals surface area contributed by atoms with Crippen LogP contribution in [0.25, 0.3) is 0 Å². The Bertz CT molecular complexity index is 1060. The fourth-order valence-corrected chi connectivity index (χ4v) is 5.27. The van der Waals surface area contributed by atoms with Gasteiger partial charge in [0.15, 0.2) is 0 Å². The van der Waals surface area contributed by atoms with Gasteiger partial charge in [-0.25, -0.2) is 12.7 Å². The molecule has 0 atom stereocenters. The molecule has 0 saturated carbocycles. The summed E-state index contributed by atoms with van der Waals surface area (Å²) in [5.74, 6) is -0.934. The van der Waals surface area contributed by atoms with Crippen molar-refractivity contribution in [3.8, 4) is 0 Å². The van der Waals surface area contributed by atoms with E-state index in [1.807, 2.05) is 24.3 Å². The van der Waals surface area contributed by atoms with Gasteiger partial charge in [0.25, 0.3) is 15.9 Å². The van der Waals surface area contributed by atoms with Gasteiger partial charge >= 0.3 is 0 Å². The molecule has 158 valence electrons. The van der Waals surface area contributed by atoms with Crippen LogP contribution in [0.5, 0.6) is 0 Å². The van der Waals surface area contributed by atoms with Crippen molar-refractivity contribution >= 4 is 33.2 Å². The molecular weight excluding hydrogens is 404 g/mol. The molecule has 2 aromatic carbocycles. The summed E-state index contributed by atoms with van der Waals surface area (Å²) in [7, 11) is -1.78. The molecule has 1 fully saturated rings. The Kier molecular flexibility index (Phi) is 5.48. The van der Waals surface area contributed by atoms with Gasteiger partial charge in [-0.15, -0.1) is 0 Å². The first-order valence-corrected chi connectivity index (χ1v) is 11.3. The Morgan fingerprint density at radius 3 is 2.33 bits per heavy atom. The monoisotopic (exact) mass is 428 g/mol. The van der Waals surface area contributed by atoms with Crippen LogP contribution < -0.4 is 10.2 Å². The molecule has 0 aromatic heterocycles. The highest BCUT2D eigenvalue weighted by atomic mass is 32.2. The van der Waals surface area contributed by atoms with Gasteiger partial charge in [0.2, 0.25) is 5.91 Å². The lowest BCUT2D eigenvalue weighted by Crippen LogP contribution is -2.44. The zero-order chi connectivity index (χ0) is 21.3. The second kappa shape index (κ2) is 8.08. The molecule has 2 heterocycles. The quantitative estimate of drug-likeness (QED) is 0.778. The molecule has 1 N–H and O–H groups in total. The van der Waals surface area contributed by atoms with Crippen LogP contribution in [0.2, 0.25) is 0 Å². The largest absolute Gasteiger partial charge is 0.369 e. The Morgan fingerprint density at radius 1 is 1.00 bits per heavy atom. The van der Waals surface area contributed by atoms with Crippen molar-refractivity contribution in [3.63, 3.8) is 0 Å². The van der Waals surface area contributed by atoms with Gasteiger partial charge in [-0.1, -0.05) is 12.1 Å². The second-order valence-corrected chi connectivity index (χ2v) is 9.34. The van der Waals surface area contributed by atoms with Crippen molar-refractivity contribution in [2.45, 2.75) is 11.3 Å². The first-order valence-electron chi connectivity index (χ1n) is 9.86. The van der Waals surface area contributed by atoms with Gasteiger partial charge in [-0.05, 0) is 43.4 Å². The number of nitrogens with zero attached hydrogens (tertiary/aromatic N) is 3. The summed E-state index contributed by atoms with van der Waals surface area (Å²) < 4.78 is 25.9. The first-order chi connectivity index (χ1) is 14.4. The standard InChI is InChI=1S/C21H24N4O4S/c1-23-12-14-24(15-13-23)17-8-6-16(7-9-17)22-20(26)10-11-25-21(27)18-4-2-3-5-19(18)30(25,28)29/h2-9H,10-15H2,1H3,(H,22,26). The fraction of sp³-hybridized carbons (Fsp3) is 0.333. The summed E-state index contributed by atoms with van der Waals surface area (Å²) in [6.45, 7) is 3.76. The van der Waals surface area contributed by atoms with Crippen molar-refractivity contribution in [1.29, 1.82) is 0 Å². The average Bonchev–Trinajstić information content (AvgIpc) is 2.93. The van der Waals surface area contributed by atoms with E-state index in [1.54, 1.807) is 12.1 Å². The van der Waals surface area contributed by atoms with E-state index in [-0.39, 0.29) is 29.3 Å². The van der Waals surface area contributed by atoms with Gasteiger partial charge in [-0.2, -0.15) is 0 Å². The van der Waals surface area contributed by atoms with Gasteiger partial charge in [-0.3, -0.25) is 9.59 Å². The molecule has 8 nitrogen and oxygen atoms in total. The van der Waals surface area contributed by atoms with E-state index in [9.17, 15) is 18.0 Å². The van der Waals surface area contributed by atoms with Crippen LogP contribution in [0.1, 0.15) is 16.8 Å². The molecule has 0 aliphatic carbocycles. The molecule has 0 spiro atoms. The van der Waals surface area contributed by atoms with Crippen molar-refractivity contribution in [2.24, 2.45) is 0 Å². The third-order valence-corrected chi connectivity index (χ3v) is 7.31. The average molecular weight is 429 g/mol. The lowest BCUT2D eigenvalue weighted by atomic mass is 10.2. The zero-order valence-corrected chi connectivity index (χ0v) is 17.6. The lowest BCUT2D eigenvalue weighted by molar-refractivity contribution is -0.116. The minimum atomic E-state index is -3.89. The highest BCUT2D eigenvalue weighted by molar-refractivity contribution is 7.90. The number of nitrogens with one attached hydrogen (secondary N) is 1. The van der Waals surface area contributed by atoms with E-state index < -0.39 is 15.9 Å². The third-order valence-electron chi connectivity index (χ3n) is 5.47. The Balaban J connectivity index is 1.34. The molecule has 2 aromatic rings. The minimum absolute atomic E-state index is 0.00472. The predicted octanol–water partition coefficient (Wildman–Crippen LogP) is 1.61. The van der Waals surface area contributed by atoms with E-state index in [2.05, 4.69) is 22.2 Å². The molecule has 0 bridgehead atoms. The molecule has 0 unspecified atom stereocenters. The van der Waals surface area contributed by atoms with Crippen molar-refractivity contribution in [3.05, 3.63) is 54.1 Å². The molecule has 2 amide bonds. The van der Waals surface area contributed by atoms with Crippen LogP contribution in [-0.2, 0) is 14.8 Å². The molecule has 2 aliphatic heterocycles. The zero-order valence-electron chi connectivity index (χ0n) is 16.7. The minimum Gasteiger partial charge on any atom is -0.369 e. The molecule has 30 heavy (non-hydrogen) atoms. The topological polar surface area (TPSA) is 90.0 Å². The molecular formula is C21H24N4O4S. The van der Waals surface area contributed by atoms with E-state index in [1.165, 1.54) is 12.1 Å². The van der Waals surface area contributed by atoms with E-state index in [0.29, 0.717) is 5.69 Å². The summed E-state index contributed by atoms with van der Waals surface area (Å²) in [6, 6.07) is 13.7. The maximum absolute atomic E-state index is 12.5. The summed E-state index contributed by atoms with van der Waals surface area (Å²) in [6.07, 6.45) is -0.112. The number of fused-ring (bicyclic) bond motifs is 1. The van der Waals surface area contributed by atoms with Gasteiger partial charge < -0.3 is 15.1 Å². The molecule has 0 radical (unpaired) electrons. The molecule has 9 heteroatoms. The lowest BCUT2D eigenvalue weighted by Gasteiger charge is -2.34. The molecule has 4 rings (SSSR count). The van der Waals surface area contributed by atoms with Crippen LogP contribution in [0, 0.1) is 0 Å². The number of rotatable bonds is 5. The van der Waals surface area contributed by atoms with Gasteiger partial charge in [0.1, 0.15) is 4.90 Å². The predicted molar refractivity (Wildman–Crippen MR) is 114 cm³/mol. The van der Waals surface area contributed by atoms with Crippen molar-refractivity contribution in [1.82, 2.24) is 9.21 Å². The maximum atomic E-state index is 12.5. The van der Waals surface area contributed by atoms with Crippen molar-refractivity contribution < 1.29 is 18.0 Å². The number of hydrogen-bond acceptors (Lipinski definition) is 6. The summed E-state index contributed by atoms with van der Waals surface area (Å²) in [4.78, 5) is 29.3. The third kappa shape index (κ3) is 3.90. The number of hydrogen-bond donors (Lipinski definition) is 1. The molecule has 2 aliphatic rings. The summed E-state index contributed by atoms with van der Waals surface area (Å²) >= 11 is 0. The van der Waals surface area contributed by atoms with E-state index in [4.69, 9.17) is 0 Å². The number of amides is 2. The number of anilines is 2. The first kappa shape index (κ1) is 20.4. The number of carbonyl (C=O) groups excluding carboxylic acids is 2. The fourth-order valence-electron chi connectivity index (χ4n) is 3.70. The smallest absolute Gasteiger partial charge is 0.269 e. The number of sulfonamides is 1. The summed E-state index contributed by atoms with van der Waals surface area (Å²) in [5, 5.41) is 2.77. The number of carbonyl (C=O) groups is 2.